The number of amides is 1. The number of carbonyl (C=O) groups is 1. The van der Waals surface area contributed by atoms with Crippen molar-refractivity contribution in [3.63, 3.8) is 0 Å². The van der Waals surface area contributed by atoms with Crippen molar-refractivity contribution in [2.24, 2.45) is 0 Å². The molecule has 0 aliphatic heterocycles. The molecule has 82 valence electrons. The summed E-state index contributed by atoms with van der Waals surface area (Å²) in [6, 6.07) is 9.07. The van der Waals surface area contributed by atoms with Gasteiger partial charge in [0.05, 0.1) is 19.2 Å². The van der Waals surface area contributed by atoms with Gasteiger partial charge in [-0.1, -0.05) is 30.3 Å². The molecule has 0 radical (unpaired) electrons. The summed E-state index contributed by atoms with van der Waals surface area (Å²) in [5.74, 6) is -0.125. The molecule has 0 aromatic heterocycles. The largest absolute Gasteiger partial charge is 0.394 e. The fourth-order valence-corrected chi connectivity index (χ4v) is 1.33. The number of aliphatic hydroxyl groups excluding tert-OH is 1. The van der Waals surface area contributed by atoms with Crippen LogP contribution in [0.4, 0.5) is 0 Å². The van der Waals surface area contributed by atoms with Gasteiger partial charge >= 0.3 is 0 Å². The van der Waals surface area contributed by atoms with E-state index in [2.05, 4.69) is 10.6 Å². The quantitative estimate of drug-likeness (QED) is 0.641. The van der Waals surface area contributed by atoms with Crippen LogP contribution in [-0.4, -0.2) is 31.2 Å². The van der Waals surface area contributed by atoms with Crippen molar-refractivity contribution in [3.8, 4) is 0 Å². The lowest BCUT2D eigenvalue weighted by Gasteiger charge is -2.16. The third kappa shape index (κ3) is 3.69. The van der Waals surface area contributed by atoms with Gasteiger partial charge in [0.2, 0.25) is 5.91 Å². The monoisotopic (exact) mass is 208 g/mol. The molecular formula is C11H16N2O2. The van der Waals surface area contributed by atoms with E-state index in [9.17, 15) is 4.79 Å². The molecule has 0 saturated carbocycles. The predicted octanol–water partition coefficient (Wildman–Crippen LogP) is 0.0556. The minimum Gasteiger partial charge on any atom is -0.394 e. The van der Waals surface area contributed by atoms with E-state index in [1.165, 1.54) is 0 Å². The van der Waals surface area contributed by atoms with Crippen LogP contribution in [0.2, 0.25) is 0 Å². The highest BCUT2D eigenvalue weighted by atomic mass is 16.3. The maximum absolute atomic E-state index is 11.3. The number of rotatable bonds is 5. The zero-order valence-electron chi connectivity index (χ0n) is 8.73. The van der Waals surface area contributed by atoms with Crippen molar-refractivity contribution in [2.75, 3.05) is 20.2 Å². The number of aliphatic hydroxyl groups is 1. The Morgan fingerprint density at radius 1 is 1.40 bits per heavy atom. The molecule has 4 heteroatoms. The maximum Gasteiger partial charge on any atom is 0.234 e. The van der Waals surface area contributed by atoms with Crippen LogP contribution in [0.3, 0.4) is 0 Å². The van der Waals surface area contributed by atoms with Crippen molar-refractivity contribution in [3.05, 3.63) is 35.9 Å². The van der Waals surface area contributed by atoms with Crippen LogP contribution in [0.1, 0.15) is 11.6 Å². The van der Waals surface area contributed by atoms with E-state index in [0.29, 0.717) is 0 Å². The molecule has 0 spiro atoms. The van der Waals surface area contributed by atoms with Gasteiger partial charge in [0.15, 0.2) is 0 Å². The molecule has 0 aliphatic carbocycles. The topological polar surface area (TPSA) is 61.4 Å². The summed E-state index contributed by atoms with van der Waals surface area (Å²) in [5.41, 5.74) is 0.907. The Morgan fingerprint density at radius 2 is 2.07 bits per heavy atom. The number of hydrogen-bond acceptors (Lipinski definition) is 3. The second kappa shape index (κ2) is 6.16. The highest BCUT2D eigenvalue weighted by Gasteiger charge is 2.11. The molecule has 0 unspecified atom stereocenters. The molecule has 1 atom stereocenters. The molecule has 0 heterocycles. The lowest BCUT2D eigenvalue weighted by atomic mass is 10.1. The third-order valence-corrected chi connectivity index (χ3v) is 2.06. The van der Waals surface area contributed by atoms with Crippen LogP contribution in [0, 0.1) is 0 Å². The van der Waals surface area contributed by atoms with E-state index < -0.39 is 0 Å². The van der Waals surface area contributed by atoms with Crippen LogP contribution in [0.5, 0.6) is 0 Å². The van der Waals surface area contributed by atoms with Gasteiger partial charge in [-0.15, -0.1) is 0 Å². The Bertz CT molecular complexity index is 301. The number of hydrogen-bond donors (Lipinski definition) is 3. The van der Waals surface area contributed by atoms with Crippen molar-refractivity contribution >= 4 is 5.91 Å². The van der Waals surface area contributed by atoms with Crippen molar-refractivity contribution < 1.29 is 9.90 Å². The number of carbonyl (C=O) groups excluding carboxylic acids is 1. The van der Waals surface area contributed by atoms with E-state index >= 15 is 0 Å². The lowest BCUT2D eigenvalue weighted by Crippen LogP contribution is -2.36. The molecule has 1 amide bonds. The Hall–Kier alpha value is -1.39. The first kappa shape index (κ1) is 11.7. The zero-order chi connectivity index (χ0) is 11.1. The maximum atomic E-state index is 11.3. The molecule has 4 nitrogen and oxygen atoms in total. The van der Waals surface area contributed by atoms with Crippen LogP contribution in [0.15, 0.2) is 30.3 Å². The summed E-state index contributed by atoms with van der Waals surface area (Å²) in [5, 5.41) is 14.6. The smallest absolute Gasteiger partial charge is 0.234 e. The first-order valence-corrected chi connectivity index (χ1v) is 4.87. The van der Waals surface area contributed by atoms with Crippen molar-refractivity contribution in [1.29, 1.82) is 0 Å². The van der Waals surface area contributed by atoms with Gasteiger partial charge in [-0.25, -0.2) is 0 Å². The zero-order valence-corrected chi connectivity index (χ0v) is 8.73. The third-order valence-electron chi connectivity index (χ3n) is 2.06. The standard InChI is InChI=1S/C11H16N2O2/c1-12-7-11(15)13-10(8-14)9-5-3-2-4-6-9/h2-6,10,12,14H,7-8H2,1H3,(H,13,15)/t10-/m0/s1. The van der Waals surface area contributed by atoms with Crippen LogP contribution in [-0.2, 0) is 4.79 Å². The van der Waals surface area contributed by atoms with Gasteiger partial charge in [0.1, 0.15) is 0 Å². The summed E-state index contributed by atoms with van der Waals surface area (Å²) in [6.07, 6.45) is 0. The first-order chi connectivity index (χ1) is 7.27. The van der Waals surface area contributed by atoms with Gasteiger partial charge in [0, 0.05) is 0 Å². The van der Waals surface area contributed by atoms with Gasteiger partial charge in [-0.05, 0) is 12.6 Å². The van der Waals surface area contributed by atoms with Gasteiger partial charge in [-0.3, -0.25) is 4.79 Å². The minimum absolute atomic E-state index is 0.0978. The second-order valence-electron chi connectivity index (χ2n) is 3.24. The average Bonchev–Trinajstić information content (AvgIpc) is 2.27. The molecule has 1 aromatic carbocycles. The highest BCUT2D eigenvalue weighted by Crippen LogP contribution is 2.10. The SMILES string of the molecule is CNCC(=O)N[C@@H](CO)c1ccccc1. The lowest BCUT2D eigenvalue weighted by molar-refractivity contribution is -0.121. The summed E-state index contributed by atoms with van der Waals surface area (Å²) in [7, 11) is 1.70. The van der Waals surface area contributed by atoms with Gasteiger partial charge < -0.3 is 15.7 Å². The molecular weight excluding hydrogens is 192 g/mol. The summed E-state index contributed by atoms with van der Waals surface area (Å²) >= 11 is 0. The molecule has 0 fully saturated rings. The molecule has 3 N–H and O–H groups in total. The van der Waals surface area contributed by atoms with E-state index in [0.717, 1.165) is 5.56 Å². The Labute approximate surface area is 89.3 Å². The van der Waals surface area contributed by atoms with Crippen molar-refractivity contribution in [1.82, 2.24) is 10.6 Å². The van der Waals surface area contributed by atoms with E-state index in [-0.39, 0.29) is 25.1 Å². The van der Waals surface area contributed by atoms with Crippen LogP contribution >= 0.6 is 0 Å². The number of benzene rings is 1. The molecule has 0 bridgehead atoms. The molecule has 15 heavy (non-hydrogen) atoms. The van der Waals surface area contributed by atoms with Crippen molar-refractivity contribution in [2.45, 2.75) is 6.04 Å². The van der Waals surface area contributed by atoms with E-state index in [1.807, 2.05) is 30.3 Å². The molecule has 1 rings (SSSR count). The summed E-state index contributed by atoms with van der Waals surface area (Å²) < 4.78 is 0. The highest BCUT2D eigenvalue weighted by molar-refractivity contribution is 5.78. The predicted molar refractivity (Wildman–Crippen MR) is 58.3 cm³/mol. The molecule has 0 saturated heterocycles. The molecule has 0 aliphatic rings. The second-order valence-corrected chi connectivity index (χ2v) is 3.24. The fraction of sp³-hybridized carbons (Fsp3) is 0.364. The van der Waals surface area contributed by atoms with Crippen LogP contribution in [0.25, 0.3) is 0 Å². The number of likely N-dealkylation sites (N-methyl/N-ethyl adjacent to an activating group) is 1. The summed E-state index contributed by atoms with van der Waals surface area (Å²) in [4.78, 5) is 11.3. The average molecular weight is 208 g/mol. The number of nitrogens with one attached hydrogen (secondary N) is 2. The normalized spacial score (nSPS) is 12.1. The van der Waals surface area contributed by atoms with E-state index in [1.54, 1.807) is 7.05 Å². The van der Waals surface area contributed by atoms with E-state index in [4.69, 9.17) is 5.11 Å². The Morgan fingerprint density at radius 3 is 2.60 bits per heavy atom. The first-order valence-electron chi connectivity index (χ1n) is 4.87. The van der Waals surface area contributed by atoms with Gasteiger partial charge in [0.25, 0.3) is 0 Å². The summed E-state index contributed by atoms with van der Waals surface area (Å²) in [6.45, 7) is 0.156. The fourth-order valence-electron chi connectivity index (χ4n) is 1.33. The van der Waals surface area contributed by atoms with Gasteiger partial charge in [-0.2, -0.15) is 0 Å². The minimum atomic E-state index is -0.327. The Kier molecular flexibility index (Phi) is 4.80. The van der Waals surface area contributed by atoms with Crippen LogP contribution < -0.4 is 10.6 Å². The molecule has 1 aromatic rings. The Balaban J connectivity index is 2.61.